The Morgan fingerprint density at radius 1 is 1.50 bits per heavy atom. The van der Waals surface area contributed by atoms with Crippen molar-refractivity contribution in [3.63, 3.8) is 0 Å². The van der Waals surface area contributed by atoms with Crippen LogP contribution in [-0.2, 0) is 6.54 Å². The Balaban J connectivity index is 2.09. The highest BCUT2D eigenvalue weighted by Gasteiger charge is 2.41. The van der Waals surface area contributed by atoms with Gasteiger partial charge in [-0.15, -0.1) is 0 Å². The summed E-state index contributed by atoms with van der Waals surface area (Å²) in [7, 11) is 0. The second-order valence-electron chi connectivity index (χ2n) is 4.80. The topological polar surface area (TPSA) is 66.3 Å². The Morgan fingerprint density at radius 2 is 2.25 bits per heavy atom. The molecular weight excluding hydrogens is 275 g/mol. The summed E-state index contributed by atoms with van der Waals surface area (Å²) < 4.78 is 38.1. The second-order valence-corrected chi connectivity index (χ2v) is 4.80. The first kappa shape index (κ1) is 14.7. The van der Waals surface area contributed by atoms with Gasteiger partial charge in [0.2, 0.25) is 0 Å². The molecule has 20 heavy (non-hydrogen) atoms. The van der Waals surface area contributed by atoms with Crippen LogP contribution in [0.4, 0.5) is 13.2 Å². The van der Waals surface area contributed by atoms with Crippen LogP contribution in [0, 0.1) is 5.92 Å². The molecule has 1 atom stereocenters. The molecule has 8 heteroatoms. The molecule has 2 heterocycles. The van der Waals surface area contributed by atoms with Crippen molar-refractivity contribution in [2.45, 2.75) is 25.6 Å². The van der Waals surface area contributed by atoms with Gasteiger partial charge in [0.25, 0.3) is 0 Å². The normalized spacial score (nSPS) is 20.9. The van der Waals surface area contributed by atoms with Gasteiger partial charge in [0.05, 0.1) is 11.6 Å². The van der Waals surface area contributed by atoms with E-state index in [-0.39, 0.29) is 30.8 Å². The van der Waals surface area contributed by atoms with Crippen molar-refractivity contribution >= 4 is 5.97 Å². The van der Waals surface area contributed by atoms with E-state index in [0.717, 1.165) is 6.20 Å². The van der Waals surface area contributed by atoms with E-state index in [2.05, 4.69) is 9.97 Å². The van der Waals surface area contributed by atoms with Crippen LogP contribution >= 0.6 is 0 Å². The molecule has 0 spiro atoms. The summed E-state index contributed by atoms with van der Waals surface area (Å²) in [5.41, 5.74) is 0.178. The lowest BCUT2D eigenvalue weighted by Gasteiger charge is -2.33. The van der Waals surface area contributed by atoms with E-state index in [1.54, 1.807) is 4.90 Å². The van der Waals surface area contributed by atoms with Crippen molar-refractivity contribution in [2.24, 2.45) is 5.92 Å². The average molecular weight is 289 g/mol. The van der Waals surface area contributed by atoms with E-state index in [1.165, 1.54) is 6.33 Å². The van der Waals surface area contributed by atoms with E-state index in [9.17, 15) is 18.0 Å². The van der Waals surface area contributed by atoms with Crippen molar-refractivity contribution in [3.05, 3.63) is 23.8 Å². The minimum Gasteiger partial charge on any atom is -0.478 e. The summed E-state index contributed by atoms with van der Waals surface area (Å²) in [6.45, 7) is 0.485. The van der Waals surface area contributed by atoms with Gasteiger partial charge >= 0.3 is 12.1 Å². The highest BCUT2D eigenvalue weighted by Crippen LogP contribution is 2.33. The van der Waals surface area contributed by atoms with Gasteiger partial charge < -0.3 is 5.11 Å². The first-order valence-electron chi connectivity index (χ1n) is 6.19. The quantitative estimate of drug-likeness (QED) is 0.921. The number of rotatable bonds is 3. The molecule has 1 aliphatic rings. The third-order valence-electron chi connectivity index (χ3n) is 3.37. The molecule has 110 valence electrons. The van der Waals surface area contributed by atoms with E-state index < -0.39 is 18.1 Å². The van der Waals surface area contributed by atoms with Crippen molar-refractivity contribution in [2.75, 3.05) is 13.1 Å². The number of carbonyl (C=O) groups is 1. The number of alkyl halides is 3. The van der Waals surface area contributed by atoms with Crippen LogP contribution in [0.15, 0.2) is 12.5 Å². The van der Waals surface area contributed by atoms with Gasteiger partial charge in [-0.3, -0.25) is 4.90 Å². The molecule has 2 rings (SSSR count). The molecule has 1 aromatic heterocycles. The van der Waals surface area contributed by atoms with E-state index >= 15 is 0 Å². The van der Waals surface area contributed by atoms with E-state index in [0.29, 0.717) is 13.0 Å². The Morgan fingerprint density at radius 3 is 2.90 bits per heavy atom. The maximum absolute atomic E-state index is 12.7. The number of carboxylic acid groups (broad SMARTS) is 1. The van der Waals surface area contributed by atoms with E-state index in [1.807, 2.05) is 0 Å². The lowest BCUT2D eigenvalue weighted by molar-refractivity contribution is -0.187. The molecule has 1 fully saturated rings. The number of likely N-dealkylation sites (tertiary alicyclic amines) is 1. The van der Waals surface area contributed by atoms with Crippen LogP contribution < -0.4 is 0 Å². The zero-order valence-electron chi connectivity index (χ0n) is 10.6. The number of aromatic carboxylic acids is 1. The molecule has 1 aromatic rings. The summed E-state index contributed by atoms with van der Waals surface area (Å²) in [6.07, 6.45) is -1.28. The molecule has 1 aliphatic heterocycles. The molecule has 0 radical (unpaired) electrons. The highest BCUT2D eigenvalue weighted by molar-refractivity contribution is 5.88. The fraction of sp³-hybridized carbons (Fsp3) is 0.583. The van der Waals surface area contributed by atoms with Crippen LogP contribution in [0.2, 0.25) is 0 Å². The minimum atomic E-state index is -4.21. The Bertz CT molecular complexity index is 493. The maximum atomic E-state index is 12.7. The number of hydrogen-bond donors (Lipinski definition) is 1. The molecule has 1 saturated heterocycles. The number of halogens is 3. The van der Waals surface area contributed by atoms with Gasteiger partial charge in [-0.25, -0.2) is 14.8 Å². The van der Waals surface area contributed by atoms with Crippen LogP contribution in [0.25, 0.3) is 0 Å². The van der Waals surface area contributed by atoms with Crippen LogP contribution in [0.3, 0.4) is 0 Å². The summed E-state index contributed by atoms with van der Waals surface area (Å²) in [5, 5.41) is 9.00. The number of hydrogen-bond acceptors (Lipinski definition) is 4. The molecule has 0 bridgehead atoms. The number of nitrogens with zero attached hydrogens (tertiary/aromatic N) is 3. The van der Waals surface area contributed by atoms with Crippen molar-refractivity contribution in [3.8, 4) is 0 Å². The van der Waals surface area contributed by atoms with Gasteiger partial charge in [-0.2, -0.15) is 13.2 Å². The summed E-state index contributed by atoms with van der Waals surface area (Å²) in [5.74, 6) is -2.53. The third kappa shape index (κ3) is 3.44. The number of piperidine rings is 1. The monoisotopic (exact) mass is 289 g/mol. The molecule has 1 unspecified atom stereocenters. The lowest BCUT2D eigenvalue weighted by atomic mass is 9.97. The summed E-state index contributed by atoms with van der Waals surface area (Å²) >= 11 is 0. The van der Waals surface area contributed by atoms with Crippen molar-refractivity contribution in [1.82, 2.24) is 14.9 Å². The van der Waals surface area contributed by atoms with Crippen LogP contribution in [0.5, 0.6) is 0 Å². The molecule has 5 nitrogen and oxygen atoms in total. The molecule has 1 N–H and O–H groups in total. The fourth-order valence-corrected chi connectivity index (χ4v) is 2.34. The number of aromatic nitrogens is 2. The molecule has 0 amide bonds. The van der Waals surface area contributed by atoms with Gasteiger partial charge in [0, 0.05) is 19.3 Å². The smallest absolute Gasteiger partial charge is 0.393 e. The van der Waals surface area contributed by atoms with Crippen molar-refractivity contribution < 1.29 is 23.1 Å². The zero-order valence-corrected chi connectivity index (χ0v) is 10.6. The van der Waals surface area contributed by atoms with Gasteiger partial charge in [0.1, 0.15) is 11.9 Å². The minimum absolute atomic E-state index is 0.0679. The van der Waals surface area contributed by atoms with E-state index in [4.69, 9.17) is 5.11 Å². The predicted octanol–water partition coefficient (Wildman–Crippen LogP) is 1.95. The lowest BCUT2D eigenvalue weighted by Crippen LogP contribution is -2.41. The fourth-order valence-electron chi connectivity index (χ4n) is 2.34. The summed E-state index contributed by atoms with van der Waals surface area (Å²) in [6, 6.07) is 0. The first-order chi connectivity index (χ1) is 9.38. The third-order valence-corrected chi connectivity index (χ3v) is 3.37. The number of carboxylic acids is 1. The van der Waals surface area contributed by atoms with Crippen molar-refractivity contribution in [1.29, 1.82) is 0 Å². The maximum Gasteiger partial charge on any atom is 0.393 e. The largest absolute Gasteiger partial charge is 0.478 e. The Kier molecular flexibility index (Phi) is 4.22. The highest BCUT2D eigenvalue weighted by atomic mass is 19.4. The van der Waals surface area contributed by atoms with Crippen LogP contribution in [-0.4, -0.2) is 45.2 Å². The standard InChI is InChI=1S/C12H14F3N3O2/c13-12(14,15)8-2-1-3-18(5-8)6-10-9(11(19)20)4-16-7-17-10/h4,7-8H,1-3,5-6H2,(H,19,20). The SMILES string of the molecule is O=C(O)c1cncnc1CN1CCCC(C(F)(F)F)C1. The Labute approximate surface area is 113 Å². The first-order valence-corrected chi connectivity index (χ1v) is 6.19. The van der Waals surface area contributed by atoms with Gasteiger partial charge in [-0.05, 0) is 19.4 Å². The summed E-state index contributed by atoms with van der Waals surface area (Å²) in [4.78, 5) is 20.1. The van der Waals surface area contributed by atoms with Gasteiger partial charge in [0.15, 0.2) is 0 Å². The average Bonchev–Trinajstić information content (AvgIpc) is 2.38. The van der Waals surface area contributed by atoms with Crippen LogP contribution in [0.1, 0.15) is 28.9 Å². The van der Waals surface area contributed by atoms with Gasteiger partial charge in [-0.1, -0.05) is 0 Å². The predicted molar refractivity (Wildman–Crippen MR) is 63.0 cm³/mol. The Hall–Kier alpha value is -1.70. The molecular formula is C12H14F3N3O2. The molecule has 0 saturated carbocycles. The molecule has 0 aromatic carbocycles. The zero-order chi connectivity index (χ0) is 14.8. The molecule has 0 aliphatic carbocycles. The second kappa shape index (κ2) is 5.74.